The van der Waals surface area contributed by atoms with E-state index in [4.69, 9.17) is 9.47 Å². The second-order valence-corrected chi connectivity index (χ2v) is 5.31. The molecule has 7 nitrogen and oxygen atoms in total. The van der Waals surface area contributed by atoms with Crippen molar-refractivity contribution >= 4 is 5.91 Å². The summed E-state index contributed by atoms with van der Waals surface area (Å²) < 4.78 is 24.5. The molecular formula is C15H17FN4O3. The van der Waals surface area contributed by atoms with Gasteiger partial charge in [-0.25, -0.2) is 4.39 Å². The molecule has 0 spiro atoms. The SMILES string of the molecule is Cc1n[nH]nc1C(=O)N[C@@H]1COCC[C@@H]1Oc1cccc(F)c1. The van der Waals surface area contributed by atoms with Gasteiger partial charge >= 0.3 is 0 Å². The van der Waals surface area contributed by atoms with Crippen LogP contribution in [0.1, 0.15) is 22.6 Å². The summed E-state index contributed by atoms with van der Waals surface area (Å²) in [7, 11) is 0. The van der Waals surface area contributed by atoms with Gasteiger partial charge in [0.05, 0.1) is 24.9 Å². The van der Waals surface area contributed by atoms with Crippen LogP contribution in [0, 0.1) is 12.7 Å². The summed E-state index contributed by atoms with van der Waals surface area (Å²) in [6.45, 7) is 2.54. The molecule has 122 valence electrons. The van der Waals surface area contributed by atoms with Crippen molar-refractivity contribution in [1.29, 1.82) is 0 Å². The fourth-order valence-corrected chi connectivity index (χ4v) is 2.44. The van der Waals surface area contributed by atoms with Crippen LogP contribution in [0.3, 0.4) is 0 Å². The van der Waals surface area contributed by atoms with Crippen LogP contribution in [0.2, 0.25) is 0 Å². The average molecular weight is 320 g/mol. The molecule has 0 bridgehead atoms. The van der Waals surface area contributed by atoms with E-state index in [9.17, 15) is 9.18 Å². The zero-order valence-electron chi connectivity index (χ0n) is 12.6. The molecule has 1 aromatic carbocycles. The predicted octanol–water partition coefficient (Wildman–Crippen LogP) is 1.22. The predicted molar refractivity (Wildman–Crippen MR) is 78.6 cm³/mol. The van der Waals surface area contributed by atoms with Crippen molar-refractivity contribution in [3.8, 4) is 5.75 Å². The Hall–Kier alpha value is -2.48. The molecule has 0 unspecified atom stereocenters. The molecule has 2 aromatic rings. The first-order valence-corrected chi connectivity index (χ1v) is 7.31. The number of nitrogens with one attached hydrogen (secondary N) is 2. The minimum absolute atomic E-state index is 0.236. The Morgan fingerprint density at radius 3 is 3.09 bits per heavy atom. The van der Waals surface area contributed by atoms with Crippen LogP contribution in [0.4, 0.5) is 4.39 Å². The number of carbonyl (C=O) groups excluding carboxylic acids is 1. The second kappa shape index (κ2) is 6.74. The van der Waals surface area contributed by atoms with Crippen molar-refractivity contribution in [2.45, 2.75) is 25.5 Å². The van der Waals surface area contributed by atoms with Crippen LogP contribution in [-0.2, 0) is 4.74 Å². The van der Waals surface area contributed by atoms with Gasteiger partial charge in [-0.15, -0.1) is 0 Å². The molecule has 0 radical (unpaired) electrons. The molecule has 2 atom stereocenters. The second-order valence-electron chi connectivity index (χ2n) is 5.31. The van der Waals surface area contributed by atoms with Gasteiger partial charge in [0.25, 0.3) is 5.91 Å². The van der Waals surface area contributed by atoms with E-state index < -0.39 is 0 Å². The molecule has 1 aromatic heterocycles. The number of rotatable bonds is 4. The zero-order chi connectivity index (χ0) is 16.2. The lowest BCUT2D eigenvalue weighted by Gasteiger charge is -2.32. The third-order valence-corrected chi connectivity index (χ3v) is 3.63. The highest BCUT2D eigenvalue weighted by Gasteiger charge is 2.30. The maximum absolute atomic E-state index is 13.3. The number of benzene rings is 1. The summed E-state index contributed by atoms with van der Waals surface area (Å²) in [6, 6.07) is 5.57. The molecule has 0 aliphatic carbocycles. The van der Waals surface area contributed by atoms with E-state index in [2.05, 4.69) is 20.7 Å². The minimum Gasteiger partial charge on any atom is -0.488 e. The highest BCUT2D eigenvalue weighted by Crippen LogP contribution is 2.19. The van der Waals surface area contributed by atoms with Crippen LogP contribution < -0.4 is 10.1 Å². The van der Waals surface area contributed by atoms with Gasteiger partial charge in [-0.2, -0.15) is 15.4 Å². The van der Waals surface area contributed by atoms with Gasteiger partial charge in [-0.3, -0.25) is 4.79 Å². The highest BCUT2D eigenvalue weighted by molar-refractivity contribution is 5.93. The Morgan fingerprint density at radius 2 is 2.35 bits per heavy atom. The summed E-state index contributed by atoms with van der Waals surface area (Å²) >= 11 is 0. The number of ether oxygens (including phenoxy) is 2. The lowest BCUT2D eigenvalue weighted by Crippen LogP contribution is -2.52. The Balaban J connectivity index is 1.69. The van der Waals surface area contributed by atoms with Crippen LogP contribution in [0.25, 0.3) is 0 Å². The number of aromatic amines is 1. The standard InChI is InChI=1S/C15H17FN4O3/c1-9-14(19-20-18-9)15(21)17-12-8-22-6-5-13(12)23-11-4-2-3-10(16)7-11/h2-4,7,12-13H,5-6,8H2,1H3,(H,17,21)(H,18,19,20)/t12-,13+/m1/s1. The number of amides is 1. The van der Waals surface area contributed by atoms with Crippen molar-refractivity contribution in [3.05, 3.63) is 41.5 Å². The fourth-order valence-electron chi connectivity index (χ4n) is 2.44. The summed E-state index contributed by atoms with van der Waals surface area (Å²) in [5.41, 5.74) is 0.752. The van der Waals surface area contributed by atoms with Gasteiger partial charge < -0.3 is 14.8 Å². The molecule has 1 fully saturated rings. The van der Waals surface area contributed by atoms with E-state index >= 15 is 0 Å². The van der Waals surface area contributed by atoms with Gasteiger partial charge in [-0.1, -0.05) is 6.07 Å². The van der Waals surface area contributed by atoms with Crippen molar-refractivity contribution in [2.24, 2.45) is 0 Å². The number of hydrogen-bond donors (Lipinski definition) is 2. The zero-order valence-corrected chi connectivity index (χ0v) is 12.6. The number of halogens is 1. The Bertz CT molecular complexity index is 691. The van der Waals surface area contributed by atoms with Crippen LogP contribution in [0.5, 0.6) is 5.75 Å². The molecular weight excluding hydrogens is 303 g/mol. The molecule has 2 N–H and O–H groups in total. The number of carbonyl (C=O) groups is 1. The Morgan fingerprint density at radius 1 is 1.48 bits per heavy atom. The number of aryl methyl sites for hydroxylation is 1. The third-order valence-electron chi connectivity index (χ3n) is 3.63. The normalized spacial score (nSPS) is 21.0. The van der Waals surface area contributed by atoms with Crippen molar-refractivity contribution in [2.75, 3.05) is 13.2 Å². The fraction of sp³-hybridized carbons (Fsp3) is 0.400. The molecule has 1 aliphatic heterocycles. The average Bonchev–Trinajstić information content (AvgIpc) is 2.95. The Labute approximate surface area is 132 Å². The van der Waals surface area contributed by atoms with E-state index in [-0.39, 0.29) is 29.6 Å². The minimum atomic E-state index is -0.367. The maximum atomic E-state index is 13.3. The summed E-state index contributed by atoms with van der Waals surface area (Å²) in [6.07, 6.45) is 0.293. The monoisotopic (exact) mass is 320 g/mol. The molecule has 1 amide bonds. The van der Waals surface area contributed by atoms with Gasteiger partial charge in [0.15, 0.2) is 5.69 Å². The van der Waals surface area contributed by atoms with Crippen molar-refractivity contribution in [3.63, 3.8) is 0 Å². The van der Waals surface area contributed by atoms with Crippen LogP contribution in [0.15, 0.2) is 24.3 Å². The summed E-state index contributed by atoms with van der Waals surface area (Å²) in [5, 5.41) is 12.9. The number of hydrogen-bond acceptors (Lipinski definition) is 5. The number of H-pyrrole nitrogens is 1. The molecule has 8 heteroatoms. The third kappa shape index (κ3) is 3.65. The quantitative estimate of drug-likeness (QED) is 0.884. The molecule has 3 rings (SSSR count). The van der Waals surface area contributed by atoms with Crippen LogP contribution in [-0.4, -0.2) is 46.7 Å². The van der Waals surface area contributed by atoms with E-state index in [0.717, 1.165) is 0 Å². The summed E-state index contributed by atoms with van der Waals surface area (Å²) in [4.78, 5) is 12.2. The first kappa shape index (κ1) is 15.4. The van der Waals surface area contributed by atoms with Crippen LogP contribution >= 0.6 is 0 Å². The molecule has 23 heavy (non-hydrogen) atoms. The lowest BCUT2D eigenvalue weighted by atomic mass is 10.1. The smallest absolute Gasteiger partial charge is 0.274 e. The maximum Gasteiger partial charge on any atom is 0.274 e. The number of aromatic nitrogens is 3. The first-order chi connectivity index (χ1) is 11.1. The van der Waals surface area contributed by atoms with E-state index in [0.29, 0.717) is 31.1 Å². The van der Waals surface area contributed by atoms with Crippen molar-refractivity contribution < 1.29 is 18.7 Å². The van der Waals surface area contributed by atoms with Gasteiger partial charge in [0.2, 0.25) is 0 Å². The first-order valence-electron chi connectivity index (χ1n) is 7.31. The van der Waals surface area contributed by atoms with E-state index in [1.165, 1.54) is 12.1 Å². The van der Waals surface area contributed by atoms with Crippen molar-refractivity contribution in [1.82, 2.24) is 20.7 Å². The topological polar surface area (TPSA) is 89.1 Å². The van der Waals surface area contributed by atoms with Gasteiger partial charge in [0.1, 0.15) is 17.7 Å². The lowest BCUT2D eigenvalue weighted by molar-refractivity contribution is -0.00305. The molecule has 1 saturated heterocycles. The molecule has 2 heterocycles. The summed E-state index contributed by atoms with van der Waals surface area (Å²) in [5.74, 6) is -0.290. The Kier molecular flexibility index (Phi) is 4.52. The largest absolute Gasteiger partial charge is 0.488 e. The van der Waals surface area contributed by atoms with Gasteiger partial charge in [-0.05, 0) is 19.1 Å². The molecule has 0 saturated carbocycles. The number of nitrogens with zero attached hydrogens (tertiary/aromatic N) is 2. The molecule has 1 aliphatic rings. The highest BCUT2D eigenvalue weighted by atomic mass is 19.1. The van der Waals surface area contributed by atoms with Gasteiger partial charge in [0, 0.05) is 12.5 Å². The van der Waals surface area contributed by atoms with E-state index in [1.807, 2.05) is 0 Å². The van der Waals surface area contributed by atoms with E-state index in [1.54, 1.807) is 19.1 Å².